The Morgan fingerprint density at radius 2 is 1.87 bits per heavy atom. The van der Waals surface area contributed by atoms with Crippen LogP contribution in [0.2, 0.25) is 0 Å². The fraction of sp³-hybridized carbons (Fsp3) is 0.200. The molecule has 0 saturated heterocycles. The Hall–Kier alpha value is -3.51. The number of nitrogens with zero attached hydrogens (tertiary/aromatic N) is 2. The van der Waals surface area contributed by atoms with E-state index in [0.717, 1.165) is 35.2 Å². The highest BCUT2D eigenvalue weighted by molar-refractivity contribution is 5.81. The molecule has 0 atom stereocenters. The number of hydrogen-bond acceptors (Lipinski definition) is 5. The third-order valence-electron chi connectivity index (χ3n) is 5.16. The predicted octanol–water partition coefficient (Wildman–Crippen LogP) is 4.58. The number of benzene rings is 2. The molecule has 0 bridgehead atoms. The van der Waals surface area contributed by atoms with E-state index < -0.39 is 5.63 Å². The van der Waals surface area contributed by atoms with Crippen LogP contribution in [0.4, 0.5) is 4.39 Å². The molecule has 2 aromatic carbocycles. The first-order valence-corrected chi connectivity index (χ1v) is 10.1. The van der Waals surface area contributed by atoms with Crippen LogP contribution in [0.25, 0.3) is 11.0 Å². The van der Waals surface area contributed by atoms with E-state index >= 15 is 0 Å². The van der Waals surface area contributed by atoms with Crippen molar-refractivity contribution in [3.63, 3.8) is 0 Å². The average Bonchev–Trinajstić information content (AvgIpc) is 2.79. The summed E-state index contributed by atoms with van der Waals surface area (Å²) in [6.45, 7) is 1.88. The van der Waals surface area contributed by atoms with Crippen molar-refractivity contribution in [2.24, 2.45) is 0 Å². The fourth-order valence-electron chi connectivity index (χ4n) is 3.59. The lowest BCUT2D eigenvalue weighted by molar-refractivity contribution is 0.259. The largest absolute Gasteiger partial charge is 0.497 e. The zero-order valence-electron chi connectivity index (χ0n) is 17.3. The second-order valence-electron chi connectivity index (χ2n) is 7.36. The molecule has 0 spiro atoms. The van der Waals surface area contributed by atoms with Crippen molar-refractivity contribution in [3.8, 4) is 5.75 Å². The smallest absolute Gasteiger partial charge is 0.336 e. The molecule has 0 aliphatic rings. The Morgan fingerprint density at radius 1 is 1.03 bits per heavy atom. The monoisotopic (exact) mass is 418 g/mol. The van der Waals surface area contributed by atoms with Crippen molar-refractivity contribution in [1.29, 1.82) is 0 Å². The molecule has 0 unspecified atom stereocenters. The van der Waals surface area contributed by atoms with Gasteiger partial charge in [0, 0.05) is 55.5 Å². The maximum Gasteiger partial charge on any atom is 0.336 e. The van der Waals surface area contributed by atoms with Crippen molar-refractivity contribution in [2.75, 3.05) is 13.7 Å². The molecule has 2 heterocycles. The number of rotatable bonds is 8. The molecule has 0 amide bonds. The molecule has 0 radical (unpaired) electrons. The minimum atomic E-state index is -0.401. The van der Waals surface area contributed by atoms with Gasteiger partial charge >= 0.3 is 5.63 Å². The van der Waals surface area contributed by atoms with Crippen LogP contribution in [0.1, 0.15) is 16.8 Å². The van der Waals surface area contributed by atoms with Gasteiger partial charge in [-0.05, 0) is 47.5 Å². The Morgan fingerprint density at radius 3 is 2.61 bits per heavy atom. The first-order chi connectivity index (χ1) is 15.1. The summed E-state index contributed by atoms with van der Waals surface area (Å²) in [5.74, 6) is 0.371. The topological polar surface area (TPSA) is 55.6 Å². The van der Waals surface area contributed by atoms with Crippen LogP contribution in [0.15, 0.2) is 82.1 Å². The van der Waals surface area contributed by atoms with Gasteiger partial charge in [-0.1, -0.05) is 18.2 Å². The molecule has 0 saturated carbocycles. The van der Waals surface area contributed by atoms with Crippen LogP contribution in [0.3, 0.4) is 0 Å². The minimum Gasteiger partial charge on any atom is -0.497 e. The molecule has 5 nitrogen and oxygen atoms in total. The lowest BCUT2D eigenvalue weighted by atomic mass is 10.1. The maximum atomic E-state index is 13.3. The third kappa shape index (κ3) is 5.35. The zero-order valence-corrected chi connectivity index (χ0v) is 17.3. The van der Waals surface area contributed by atoms with E-state index in [1.807, 2.05) is 30.3 Å². The molecule has 0 aliphatic carbocycles. The number of halogens is 1. The van der Waals surface area contributed by atoms with Gasteiger partial charge in [0.2, 0.25) is 0 Å². The minimum absolute atomic E-state index is 0.260. The van der Waals surface area contributed by atoms with Crippen molar-refractivity contribution >= 4 is 11.0 Å². The lowest BCUT2D eigenvalue weighted by Crippen LogP contribution is -2.26. The number of aromatic nitrogens is 1. The van der Waals surface area contributed by atoms with Crippen molar-refractivity contribution < 1.29 is 13.5 Å². The van der Waals surface area contributed by atoms with Crippen LogP contribution in [-0.2, 0) is 19.5 Å². The molecule has 0 aliphatic heterocycles. The average molecular weight is 418 g/mol. The molecule has 6 heteroatoms. The number of ether oxygens (including phenoxy) is 1. The van der Waals surface area contributed by atoms with Crippen molar-refractivity contribution in [1.82, 2.24) is 9.88 Å². The van der Waals surface area contributed by atoms with Crippen molar-refractivity contribution in [3.05, 3.63) is 106 Å². The van der Waals surface area contributed by atoms with Crippen LogP contribution in [-0.4, -0.2) is 23.5 Å². The van der Waals surface area contributed by atoms with Gasteiger partial charge in [-0.3, -0.25) is 9.88 Å². The highest BCUT2D eigenvalue weighted by Crippen LogP contribution is 2.24. The summed E-state index contributed by atoms with van der Waals surface area (Å²) in [7, 11) is 1.57. The zero-order chi connectivity index (χ0) is 21.6. The maximum absolute atomic E-state index is 13.3. The molecule has 31 heavy (non-hydrogen) atoms. The summed E-state index contributed by atoms with van der Waals surface area (Å²) in [6, 6.07) is 19.4. The fourth-order valence-corrected chi connectivity index (χ4v) is 3.59. The molecule has 4 rings (SSSR count). The normalized spacial score (nSPS) is 11.2. The Labute approximate surface area is 179 Å². The van der Waals surface area contributed by atoms with E-state index in [1.54, 1.807) is 31.5 Å². The molecule has 0 N–H and O–H groups in total. The summed E-state index contributed by atoms with van der Waals surface area (Å²) in [5.41, 5.74) is 2.96. The number of hydrogen-bond donors (Lipinski definition) is 0. The second-order valence-corrected chi connectivity index (χ2v) is 7.36. The first-order valence-electron chi connectivity index (χ1n) is 10.1. The van der Waals surface area contributed by atoms with Gasteiger partial charge in [0.15, 0.2) is 0 Å². The van der Waals surface area contributed by atoms with Crippen LogP contribution in [0, 0.1) is 5.82 Å². The Balaban J connectivity index is 1.62. The van der Waals surface area contributed by atoms with E-state index in [1.165, 1.54) is 18.2 Å². The van der Waals surface area contributed by atoms with Crippen LogP contribution < -0.4 is 10.4 Å². The second kappa shape index (κ2) is 9.53. The SMILES string of the molecule is COc1ccc2c(CN(CCc3ccccn3)Cc3ccc(F)cc3)cc(=O)oc2c1. The highest BCUT2D eigenvalue weighted by atomic mass is 19.1. The molecule has 158 valence electrons. The summed E-state index contributed by atoms with van der Waals surface area (Å²) in [5, 5.41) is 0.863. The van der Waals surface area contributed by atoms with E-state index in [-0.39, 0.29) is 5.82 Å². The Bertz CT molecular complexity index is 1210. The van der Waals surface area contributed by atoms with E-state index in [9.17, 15) is 9.18 Å². The molecule has 2 aromatic heterocycles. The molecule has 0 fully saturated rings. The van der Waals surface area contributed by atoms with Gasteiger partial charge in [-0.15, -0.1) is 0 Å². The van der Waals surface area contributed by atoms with Crippen molar-refractivity contribution in [2.45, 2.75) is 19.5 Å². The third-order valence-corrected chi connectivity index (χ3v) is 5.16. The van der Waals surface area contributed by atoms with Gasteiger partial charge < -0.3 is 9.15 Å². The molecular formula is C25H23FN2O3. The van der Waals surface area contributed by atoms with Crippen LogP contribution in [0.5, 0.6) is 5.75 Å². The Kier molecular flexibility index (Phi) is 6.38. The lowest BCUT2D eigenvalue weighted by Gasteiger charge is -2.23. The molecular weight excluding hydrogens is 395 g/mol. The number of methoxy groups -OCH3 is 1. The summed E-state index contributed by atoms with van der Waals surface area (Å²) < 4.78 is 24.0. The van der Waals surface area contributed by atoms with Gasteiger partial charge in [-0.25, -0.2) is 9.18 Å². The van der Waals surface area contributed by atoms with E-state index in [2.05, 4.69) is 9.88 Å². The summed E-state index contributed by atoms with van der Waals surface area (Å²) >= 11 is 0. The number of pyridine rings is 1. The van der Waals surface area contributed by atoms with Gasteiger partial charge in [0.25, 0.3) is 0 Å². The summed E-state index contributed by atoms with van der Waals surface area (Å²) in [4.78, 5) is 18.8. The summed E-state index contributed by atoms with van der Waals surface area (Å²) in [6.07, 6.45) is 2.54. The van der Waals surface area contributed by atoms with Crippen LogP contribution >= 0.6 is 0 Å². The standard InChI is InChI=1S/C25H23FN2O3/c1-30-22-9-10-23-19(14-25(29)31-24(23)15-22)17-28(13-11-21-4-2-3-12-27-21)16-18-5-7-20(26)8-6-18/h2-10,12,14-15H,11,13,16-17H2,1H3. The van der Waals surface area contributed by atoms with Gasteiger partial charge in [0.05, 0.1) is 7.11 Å². The molecule has 4 aromatic rings. The van der Waals surface area contributed by atoms with Gasteiger partial charge in [-0.2, -0.15) is 0 Å². The quantitative estimate of drug-likeness (QED) is 0.392. The highest BCUT2D eigenvalue weighted by Gasteiger charge is 2.13. The van der Waals surface area contributed by atoms with E-state index in [4.69, 9.17) is 9.15 Å². The first kappa shape index (κ1) is 20.8. The van der Waals surface area contributed by atoms with Gasteiger partial charge in [0.1, 0.15) is 17.1 Å². The predicted molar refractivity (Wildman–Crippen MR) is 117 cm³/mol. The van der Waals surface area contributed by atoms with E-state index in [0.29, 0.717) is 24.4 Å². The number of fused-ring (bicyclic) bond motifs is 1.